The summed E-state index contributed by atoms with van der Waals surface area (Å²) in [6.07, 6.45) is 1.85. The molecule has 12 heavy (non-hydrogen) atoms. The molecular formula is C6H6BF3KN. The molecule has 0 saturated heterocycles. The SMILES string of the molecule is FB(F)F.[K][CH2]c1ccccn1. The second kappa shape index (κ2) is 8.25. The molecule has 0 N–H and O–H groups in total. The average molecular weight is 199 g/mol. The molecule has 0 bridgehead atoms. The summed E-state index contributed by atoms with van der Waals surface area (Å²) < 4.78 is 30.2. The van der Waals surface area contributed by atoms with E-state index in [9.17, 15) is 12.9 Å². The van der Waals surface area contributed by atoms with Crippen LogP contribution in [0.15, 0.2) is 24.4 Å². The third kappa shape index (κ3) is 8.74. The van der Waals surface area contributed by atoms with E-state index in [2.05, 4.69) is 11.1 Å². The van der Waals surface area contributed by atoms with E-state index in [0.29, 0.717) is 0 Å². The number of hydrogen-bond donors (Lipinski definition) is 0. The fraction of sp³-hybridized carbons (Fsp3) is 0.167. The van der Waals surface area contributed by atoms with Crippen LogP contribution in [-0.2, 0) is 0.515 Å². The third-order valence-corrected chi connectivity index (χ3v) is 2.22. The van der Waals surface area contributed by atoms with Gasteiger partial charge in [0.1, 0.15) is 0 Å². The quantitative estimate of drug-likeness (QED) is 0.626. The van der Waals surface area contributed by atoms with E-state index in [0.717, 1.165) is 49.0 Å². The summed E-state index contributed by atoms with van der Waals surface area (Å²) >= 11 is 0.904. The molecule has 1 heterocycles. The second-order valence-corrected chi connectivity index (χ2v) is 3.03. The Morgan fingerprint density at radius 2 is 1.92 bits per heavy atom. The van der Waals surface area contributed by atoms with E-state index in [1.165, 1.54) is 6.21 Å². The fourth-order valence-electron chi connectivity index (χ4n) is 0.607. The summed E-state index contributed by atoms with van der Waals surface area (Å²) in [5.74, 6) is 0. The molecule has 0 aromatic carbocycles. The van der Waals surface area contributed by atoms with Crippen molar-refractivity contribution in [3.05, 3.63) is 30.1 Å². The van der Waals surface area contributed by atoms with Gasteiger partial charge in [-0.3, -0.25) is 12.9 Å². The van der Waals surface area contributed by atoms with Gasteiger partial charge in [0.25, 0.3) is 0 Å². The van der Waals surface area contributed by atoms with Gasteiger partial charge < -0.3 is 0 Å². The number of hydrogen-bond acceptors (Lipinski definition) is 1. The van der Waals surface area contributed by atoms with Crippen molar-refractivity contribution in [1.82, 2.24) is 4.98 Å². The minimum atomic E-state index is -3.67. The Morgan fingerprint density at radius 1 is 1.33 bits per heavy atom. The van der Waals surface area contributed by atoms with Crippen molar-refractivity contribution < 1.29 is 12.9 Å². The summed E-state index contributed by atoms with van der Waals surface area (Å²) in [7, 11) is -3.67. The van der Waals surface area contributed by atoms with Crippen LogP contribution in [0.1, 0.15) is 5.69 Å². The second-order valence-electron chi connectivity index (χ2n) is 1.92. The van der Waals surface area contributed by atoms with Gasteiger partial charge in [-0.1, -0.05) is 0 Å². The number of aromatic nitrogens is 1. The molecule has 0 fully saturated rings. The Hall–Kier alpha value is 0.641. The first-order chi connectivity index (χ1) is 5.66. The van der Waals surface area contributed by atoms with Crippen LogP contribution in [0.2, 0.25) is 0 Å². The van der Waals surface area contributed by atoms with Crippen LogP contribution >= 0.6 is 0 Å². The van der Waals surface area contributed by atoms with Crippen LogP contribution in [0, 0.1) is 0 Å². The molecule has 0 aliphatic heterocycles. The molecule has 1 aromatic rings. The predicted octanol–water partition coefficient (Wildman–Crippen LogP) is 1.63. The van der Waals surface area contributed by atoms with Gasteiger partial charge in [0, 0.05) is 0 Å². The van der Waals surface area contributed by atoms with E-state index < -0.39 is 7.54 Å². The molecule has 0 amide bonds. The minimum absolute atomic E-state index is 0.904. The van der Waals surface area contributed by atoms with Crippen LogP contribution in [0.3, 0.4) is 0 Å². The number of nitrogens with zero attached hydrogens (tertiary/aromatic N) is 1. The Bertz CT molecular complexity index is 194. The van der Waals surface area contributed by atoms with Gasteiger partial charge in [0.15, 0.2) is 0 Å². The molecule has 60 valence electrons. The Labute approximate surface area is 104 Å². The zero-order valence-electron chi connectivity index (χ0n) is 6.67. The summed E-state index contributed by atoms with van der Waals surface area (Å²) in [6, 6.07) is 6.06. The summed E-state index contributed by atoms with van der Waals surface area (Å²) in [5.41, 5.74) is 1.24. The fourth-order valence-corrected chi connectivity index (χ4v) is 1.26. The first-order valence-corrected chi connectivity index (χ1v) is 5.69. The van der Waals surface area contributed by atoms with Gasteiger partial charge in [-0.05, 0) is 0 Å². The molecule has 6 heteroatoms. The number of halogens is 3. The molecule has 0 aliphatic rings. The Balaban J connectivity index is 0.000000261. The molecule has 0 aliphatic carbocycles. The van der Waals surface area contributed by atoms with Gasteiger partial charge in [0.2, 0.25) is 0 Å². The number of pyridine rings is 1. The summed E-state index contributed by atoms with van der Waals surface area (Å²) in [5, 5.41) is 0. The third-order valence-electron chi connectivity index (χ3n) is 1.09. The van der Waals surface area contributed by atoms with Crippen molar-refractivity contribution in [1.29, 1.82) is 0 Å². The first kappa shape index (κ1) is 12.6. The van der Waals surface area contributed by atoms with Crippen molar-refractivity contribution in [2.75, 3.05) is 0 Å². The zero-order valence-corrected chi connectivity index (χ0v) is 9.80. The zero-order chi connectivity index (χ0) is 9.40. The monoisotopic (exact) mass is 199 g/mol. The molecule has 0 atom stereocenters. The standard InChI is InChI=1S/C6H6N.BF3.K/c1-6-4-2-3-5-7-6;2-1(3)4;/h2-5H,1H2;;. The topological polar surface area (TPSA) is 12.9 Å². The van der Waals surface area contributed by atoms with Gasteiger partial charge in [-0.25, -0.2) is 0 Å². The van der Waals surface area contributed by atoms with E-state index in [-0.39, 0.29) is 0 Å². The molecule has 1 rings (SSSR count). The van der Waals surface area contributed by atoms with Gasteiger partial charge >= 0.3 is 92.1 Å². The molecule has 0 saturated carbocycles. The Morgan fingerprint density at radius 3 is 2.17 bits per heavy atom. The number of rotatable bonds is 1. The summed E-state index contributed by atoms with van der Waals surface area (Å²) in [4.78, 5) is 4.14. The molecule has 1 nitrogen and oxygen atoms in total. The van der Waals surface area contributed by atoms with Crippen LogP contribution in [0.25, 0.3) is 0 Å². The van der Waals surface area contributed by atoms with Gasteiger partial charge in [-0.2, -0.15) is 0 Å². The first-order valence-electron chi connectivity index (χ1n) is 3.49. The molecule has 0 spiro atoms. The van der Waals surface area contributed by atoms with Crippen molar-refractivity contribution in [2.45, 2.75) is 0.515 Å². The molecule has 0 unspecified atom stereocenters. The van der Waals surface area contributed by atoms with Crippen molar-refractivity contribution in [3.63, 3.8) is 0 Å². The Kier molecular flexibility index (Phi) is 8.69. The van der Waals surface area contributed by atoms with Crippen LogP contribution in [0.5, 0.6) is 0 Å². The van der Waals surface area contributed by atoms with E-state index in [1.54, 1.807) is 0 Å². The molecule has 1 aromatic heterocycles. The van der Waals surface area contributed by atoms with Gasteiger partial charge in [-0.15, -0.1) is 0 Å². The van der Waals surface area contributed by atoms with E-state index in [4.69, 9.17) is 0 Å². The van der Waals surface area contributed by atoms with Gasteiger partial charge in [0.05, 0.1) is 0 Å². The summed E-state index contributed by atoms with van der Waals surface area (Å²) in [6.45, 7) is 0. The van der Waals surface area contributed by atoms with Crippen LogP contribution in [-0.4, -0.2) is 61.5 Å². The van der Waals surface area contributed by atoms with Crippen molar-refractivity contribution >= 4 is 56.5 Å². The van der Waals surface area contributed by atoms with E-state index in [1.807, 2.05) is 18.3 Å². The van der Waals surface area contributed by atoms with Crippen LogP contribution in [0.4, 0.5) is 12.9 Å². The maximum absolute atomic E-state index is 9.67. The van der Waals surface area contributed by atoms with Crippen molar-refractivity contribution in [3.8, 4) is 0 Å². The van der Waals surface area contributed by atoms with Crippen LogP contribution < -0.4 is 0 Å². The normalized spacial score (nSPS) is 8.42. The van der Waals surface area contributed by atoms with Crippen molar-refractivity contribution in [2.24, 2.45) is 0 Å². The molecule has 0 radical (unpaired) electrons. The van der Waals surface area contributed by atoms with E-state index >= 15 is 0 Å². The molecular weight excluding hydrogens is 193 g/mol. The maximum atomic E-state index is 9.67. The average Bonchev–Trinajstić information content (AvgIpc) is 2.05. The predicted molar refractivity (Wildman–Crippen MR) is 42.8 cm³/mol.